The summed E-state index contributed by atoms with van der Waals surface area (Å²) in [4.78, 5) is 0. The summed E-state index contributed by atoms with van der Waals surface area (Å²) < 4.78 is 78.7. The topological polar surface area (TPSA) is 0 Å². The standard InChI is InChI=1S/C12H4ClF6P/c13-20(11-3-7(16)5(14)1-9(11)18)12-4-8(17)6(15)2-10(12)19/h1-4H. The van der Waals surface area contributed by atoms with E-state index in [1.165, 1.54) is 0 Å². The number of benzene rings is 2. The molecule has 0 aromatic heterocycles. The molecule has 2 aromatic rings. The van der Waals surface area contributed by atoms with E-state index >= 15 is 0 Å². The fourth-order valence-electron chi connectivity index (χ4n) is 1.45. The Morgan fingerprint density at radius 1 is 0.550 bits per heavy atom. The molecule has 2 rings (SSSR count). The lowest BCUT2D eigenvalue weighted by atomic mass is 10.3. The lowest BCUT2D eigenvalue weighted by Crippen LogP contribution is -2.17. The fraction of sp³-hybridized carbons (Fsp3) is 0. The first-order chi connectivity index (χ1) is 9.31. The summed E-state index contributed by atoms with van der Waals surface area (Å²) in [5, 5.41) is -1.05. The normalized spacial score (nSPS) is 11.2. The zero-order valence-electron chi connectivity index (χ0n) is 9.40. The number of hydrogen-bond donors (Lipinski definition) is 0. The molecule has 0 nitrogen and oxygen atoms in total. The highest BCUT2D eigenvalue weighted by Crippen LogP contribution is 2.41. The van der Waals surface area contributed by atoms with Crippen molar-refractivity contribution in [1.29, 1.82) is 0 Å². The van der Waals surface area contributed by atoms with Gasteiger partial charge in [0.1, 0.15) is 11.6 Å². The maximum atomic E-state index is 13.5. The van der Waals surface area contributed by atoms with Gasteiger partial charge in [-0.15, -0.1) is 0 Å². The molecule has 20 heavy (non-hydrogen) atoms. The highest BCUT2D eigenvalue weighted by molar-refractivity contribution is 7.95. The van der Waals surface area contributed by atoms with Crippen molar-refractivity contribution in [2.45, 2.75) is 0 Å². The third-order valence-electron chi connectivity index (χ3n) is 2.40. The van der Waals surface area contributed by atoms with E-state index < -0.39 is 52.8 Å². The zero-order chi connectivity index (χ0) is 15.0. The molecule has 2 aromatic carbocycles. The monoisotopic (exact) mass is 328 g/mol. The van der Waals surface area contributed by atoms with Crippen LogP contribution >= 0.6 is 18.5 Å². The molecule has 0 radical (unpaired) electrons. The van der Waals surface area contributed by atoms with Gasteiger partial charge in [-0.05, 0) is 12.1 Å². The van der Waals surface area contributed by atoms with Crippen molar-refractivity contribution < 1.29 is 26.3 Å². The highest BCUT2D eigenvalue weighted by atomic mass is 35.7. The summed E-state index contributed by atoms with van der Waals surface area (Å²) in [6, 6.07) is 1.43. The van der Waals surface area contributed by atoms with Crippen LogP contribution in [0.25, 0.3) is 0 Å². The average Bonchev–Trinajstić information content (AvgIpc) is 2.37. The summed E-state index contributed by atoms with van der Waals surface area (Å²) in [6.45, 7) is 0. The van der Waals surface area contributed by atoms with Gasteiger partial charge in [-0.3, -0.25) is 0 Å². The lowest BCUT2D eigenvalue weighted by Gasteiger charge is -2.13. The summed E-state index contributed by atoms with van der Waals surface area (Å²) in [7, 11) is -2.36. The maximum Gasteiger partial charge on any atom is 0.161 e. The van der Waals surface area contributed by atoms with Crippen LogP contribution in [0.4, 0.5) is 26.3 Å². The summed E-state index contributed by atoms with van der Waals surface area (Å²) >= 11 is 5.80. The van der Waals surface area contributed by atoms with Crippen LogP contribution in [0.2, 0.25) is 0 Å². The van der Waals surface area contributed by atoms with Gasteiger partial charge in [0.05, 0.1) is 7.27 Å². The molecule has 0 heterocycles. The van der Waals surface area contributed by atoms with Gasteiger partial charge in [-0.1, -0.05) is 11.2 Å². The fourth-order valence-corrected chi connectivity index (χ4v) is 3.45. The summed E-state index contributed by atoms with van der Waals surface area (Å²) in [5.74, 6) is -8.02. The molecule has 106 valence electrons. The van der Waals surface area contributed by atoms with Crippen LogP contribution < -0.4 is 10.6 Å². The van der Waals surface area contributed by atoms with Crippen LogP contribution in [-0.4, -0.2) is 0 Å². The first kappa shape index (κ1) is 15.1. The lowest BCUT2D eigenvalue weighted by molar-refractivity contribution is 0.497. The Morgan fingerprint density at radius 2 is 0.850 bits per heavy atom. The molecule has 0 N–H and O–H groups in total. The van der Waals surface area contributed by atoms with E-state index in [4.69, 9.17) is 11.2 Å². The first-order valence-electron chi connectivity index (χ1n) is 5.06. The molecule has 0 spiro atoms. The Hall–Kier alpha value is -1.26. The number of hydrogen-bond acceptors (Lipinski definition) is 0. The molecule has 0 atom stereocenters. The van der Waals surface area contributed by atoms with Gasteiger partial charge in [0.25, 0.3) is 0 Å². The Bertz CT molecular complexity index is 618. The third-order valence-corrected chi connectivity index (χ3v) is 5.03. The molecule has 0 fully saturated rings. The van der Waals surface area contributed by atoms with Gasteiger partial charge in [0, 0.05) is 22.7 Å². The quantitative estimate of drug-likeness (QED) is 0.442. The minimum atomic E-state index is -2.36. The van der Waals surface area contributed by atoms with Gasteiger partial charge in [-0.25, -0.2) is 26.3 Å². The maximum absolute atomic E-state index is 13.5. The van der Waals surface area contributed by atoms with E-state index in [2.05, 4.69) is 0 Å². The van der Waals surface area contributed by atoms with Gasteiger partial charge in [-0.2, -0.15) is 0 Å². The Morgan fingerprint density at radius 3 is 1.20 bits per heavy atom. The smallest absolute Gasteiger partial charge is 0.161 e. The minimum Gasteiger partial charge on any atom is -0.206 e. The molecule has 0 aliphatic carbocycles. The van der Waals surface area contributed by atoms with E-state index in [9.17, 15) is 26.3 Å². The summed E-state index contributed by atoms with van der Waals surface area (Å²) in [6.07, 6.45) is 0. The molecule has 0 bridgehead atoms. The molecule has 0 amide bonds. The van der Waals surface area contributed by atoms with Crippen molar-refractivity contribution in [3.63, 3.8) is 0 Å². The van der Waals surface area contributed by atoms with Crippen LogP contribution in [0.1, 0.15) is 0 Å². The highest BCUT2D eigenvalue weighted by Gasteiger charge is 2.23. The second-order valence-electron chi connectivity index (χ2n) is 3.72. The predicted octanol–water partition coefficient (Wildman–Crippen LogP) is 4.11. The van der Waals surface area contributed by atoms with Gasteiger partial charge in [0.2, 0.25) is 0 Å². The molecule has 0 saturated carbocycles. The minimum absolute atomic E-state index is 0.250. The molecule has 0 aliphatic heterocycles. The van der Waals surface area contributed by atoms with Crippen molar-refractivity contribution in [3.05, 3.63) is 59.2 Å². The second kappa shape index (κ2) is 5.62. The predicted molar refractivity (Wildman–Crippen MR) is 64.7 cm³/mol. The first-order valence-corrected chi connectivity index (χ1v) is 7.31. The van der Waals surface area contributed by atoms with E-state index in [0.29, 0.717) is 12.1 Å². The average molecular weight is 329 g/mol. The van der Waals surface area contributed by atoms with Gasteiger partial charge in [0.15, 0.2) is 23.3 Å². The Balaban J connectivity index is 2.54. The van der Waals surface area contributed by atoms with E-state index in [1.54, 1.807) is 0 Å². The molecular formula is C12H4ClF6P. The molecule has 8 heteroatoms. The van der Waals surface area contributed by atoms with Crippen molar-refractivity contribution >= 4 is 29.1 Å². The largest absolute Gasteiger partial charge is 0.206 e. The Kier molecular flexibility index (Phi) is 4.25. The van der Waals surface area contributed by atoms with Crippen LogP contribution in [-0.2, 0) is 0 Å². The van der Waals surface area contributed by atoms with Crippen LogP contribution in [0.5, 0.6) is 0 Å². The molecule has 0 unspecified atom stereocenters. The van der Waals surface area contributed by atoms with Gasteiger partial charge < -0.3 is 0 Å². The second-order valence-corrected chi connectivity index (χ2v) is 6.26. The van der Waals surface area contributed by atoms with Crippen LogP contribution in [0.15, 0.2) is 24.3 Å². The van der Waals surface area contributed by atoms with Gasteiger partial charge >= 0.3 is 0 Å². The molecular weight excluding hydrogens is 325 g/mol. The third kappa shape index (κ3) is 2.76. The number of rotatable bonds is 2. The molecule has 0 saturated heterocycles. The van der Waals surface area contributed by atoms with E-state index in [-0.39, 0.29) is 12.1 Å². The SMILES string of the molecule is Fc1cc(F)c(P(Cl)c2cc(F)c(F)cc2F)cc1F. The Labute approximate surface area is 115 Å². The van der Waals surface area contributed by atoms with E-state index in [1.807, 2.05) is 0 Å². The molecule has 0 aliphatic rings. The van der Waals surface area contributed by atoms with Crippen molar-refractivity contribution in [2.24, 2.45) is 0 Å². The van der Waals surface area contributed by atoms with Crippen LogP contribution in [0.3, 0.4) is 0 Å². The zero-order valence-corrected chi connectivity index (χ0v) is 11.1. The van der Waals surface area contributed by atoms with E-state index in [0.717, 1.165) is 0 Å². The van der Waals surface area contributed by atoms with Crippen molar-refractivity contribution in [2.75, 3.05) is 0 Å². The van der Waals surface area contributed by atoms with Crippen LogP contribution in [0, 0.1) is 34.9 Å². The van der Waals surface area contributed by atoms with Crippen molar-refractivity contribution in [3.8, 4) is 0 Å². The summed E-state index contributed by atoms with van der Waals surface area (Å²) in [5.41, 5.74) is 0. The van der Waals surface area contributed by atoms with Crippen molar-refractivity contribution in [1.82, 2.24) is 0 Å². The number of halogens is 7.